The molecule has 230 valence electrons. The second kappa shape index (κ2) is 11.5. The van der Waals surface area contributed by atoms with E-state index in [1.807, 2.05) is 13.1 Å². The van der Waals surface area contributed by atoms with Crippen molar-refractivity contribution in [3.8, 4) is 11.5 Å². The third-order valence-corrected chi connectivity index (χ3v) is 8.24. The highest BCUT2D eigenvalue weighted by molar-refractivity contribution is 5.85. The zero-order valence-corrected chi connectivity index (χ0v) is 22.5. The Kier molecular flexibility index (Phi) is 8.58. The van der Waals surface area contributed by atoms with Crippen LogP contribution < -0.4 is 10.1 Å². The van der Waals surface area contributed by atoms with Crippen molar-refractivity contribution in [3.05, 3.63) is 35.1 Å². The number of phenols is 1. The minimum atomic E-state index is -4.64. The molecule has 2 bridgehead atoms. The molecule has 1 aromatic carbocycles. The predicted octanol–water partition coefficient (Wildman–Crippen LogP) is 0.693. The molecule has 1 amide bonds. The molecular formula is C27H31F3N2O10. The van der Waals surface area contributed by atoms with E-state index >= 15 is 0 Å². The maximum Gasteiger partial charge on any atom is 0.446 e. The summed E-state index contributed by atoms with van der Waals surface area (Å²) in [5.41, 5.74) is -0.269. The van der Waals surface area contributed by atoms with Crippen LogP contribution in [0.25, 0.3) is 0 Å². The van der Waals surface area contributed by atoms with Gasteiger partial charge < -0.3 is 40.1 Å². The molecule has 12 nitrogen and oxygen atoms in total. The molecule has 1 saturated heterocycles. The molecule has 0 unspecified atom stereocenters. The lowest BCUT2D eigenvalue weighted by atomic mass is 9.52. The molecule has 15 heteroatoms. The minimum Gasteiger partial charge on any atom is -0.504 e. The van der Waals surface area contributed by atoms with Gasteiger partial charge in [0.05, 0.1) is 23.9 Å². The number of carboxylic acid groups (broad SMARTS) is 1. The molecule has 42 heavy (non-hydrogen) atoms. The van der Waals surface area contributed by atoms with Crippen molar-refractivity contribution in [1.29, 1.82) is 0 Å². The molecule has 0 radical (unpaired) electrons. The maximum absolute atomic E-state index is 12.7. The average molecular weight is 601 g/mol. The van der Waals surface area contributed by atoms with Crippen molar-refractivity contribution >= 4 is 24.1 Å². The number of aliphatic hydroxyl groups excluding tert-OH is 1. The first-order valence-electron chi connectivity index (χ1n) is 13.2. The van der Waals surface area contributed by atoms with Crippen LogP contribution in [0.3, 0.4) is 0 Å². The average Bonchev–Trinajstić information content (AvgIpc) is 3.25. The van der Waals surface area contributed by atoms with Crippen LogP contribution in [0.15, 0.2) is 24.0 Å². The third kappa shape index (κ3) is 5.55. The van der Waals surface area contributed by atoms with E-state index in [9.17, 15) is 42.9 Å². The van der Waals surface area contributed by atoms with Gasteiger partial charge in [-0.25, -0.2) is 0 Å². The van der Waals surface area contributed by atoms with E-state index < -0.39 is 60.0 Å². The van der Waals surface area contributed by atoms with E-state index in [0.29, 0.717) is 18.6 Å². The summed E-state index contributed by atoms with van der Waals surface area (Å²) in [7, 11) is 2.00. The number of carboxylic acids is 1. The zero-order valence-electron chi connectivity index (χ0n) is 22.5. The van der Waals surface area contributed by atoms with Crippen LogP contribution in [-0.2, 0) is 35.8 Å². The number of esters is 1. The number of hydrogen-bond acceptors (Lipinski definition) is 10. The van der Waals surface area contributed by atoms with Crippen LogP contribution >= 0.6 is 0 Å². The number of aldehydes is 1. The molecule has 0 aromatic heterocycles. The van der Waals surface area contributed by atoms with Gasteiger partial charge in [0.1, 0.15) is 11.9 Å². The number of nitrogens with zero attached hydrogens (tertiary/aromatic N) is 1. The fraction of sp³-hybridized carbons (Fsp3) is 0.556. The van der Waals surface area contributed by atoms with Crippen molar-refractivity contribution in [2.45, 2.75) is 74.0 Å². The molecule has 4 aliphatic rings. The topological polar surface area (TPSA) is 183 Å². The molecule has 5 rings (SSSR count). The van der Waals surface area contributed by atoms with Gasteiger partial charge in [-0.05, 0) is 50.6 Å². The molecular weight excluding hydrogens is 569 g/mol. The lowest BCUT2D eigenvalue weighted by Crippen LogP contribution is -2.69. The first-order chi connectivity index (χ1) is 19.6. The van der Waals surface area contributed by atoms with Crippen molar-refractivity contribution in [1.82, 2.24) is 10.2 Å². The Balaban J connectivity index is 0.000000612. The second-order valence-electron chi connectivity index (χ2n) is 10.7. The Bertz CT molecular complexity index is 1300. The van der Waals surface area contributed by atoms with Gasteiger partial charge in [0, 0.05) is 24.6 Å². The summed E-state index contributed by atoms with van der Waals surface area (Å²) < 4.78 is 43.2. The molecule has 0 saturated carbocycles. The zero-order chi connectivity index (χ0) is 31.0. The molecule has 2 aliphatic heterocycles. The number of likely N-dealkylation sites (tertiary alicyclic amines) is 1. The third-order valence-electron chi connectivity index (χ3n) is 8.24. The van der Waals surface area contributed by atoms with E-state index in [4.69, 9.17) is 19.4 Å². The monoisotopic (exact) mass is 600 g/mol. The van der Waals surface area contributed by atoms with Crippen molar-refractivity contribution < 1.29 is 62.2 Å². The summed E-state index contributed by atoms with van der Waals surface area (Å²) in [5, 5.41) is 43.4. The smallest absolute Gasteiger partial charge is 0.446 e. The summed E-state index contributed by atoms with van der Waals surface area (Å²) in [6.07, 6.45) is -5.26. The maximum atomic E-state index is 12.7. The van der Waals surface area contributed by atoms with Crippen LogP contribution in [0.4, 0.5) is 13.2 Å². The van der Waals surface area contributed by atoms with Gasteiger partial charge in [-0.2, -0.15) is 13.2 Å². The number of aliphatic carboxylic acids is 1. The number of likely N-dealkylation sites (N-methyl/N-ethyl adjacent to an activating group) is 1. The van der Waals surface area contributed by atoms with Gasteiger partial charge >= 0.3 is 18.1 Å². The highest BCUT2D eigenvalue weighted by Gasteiger charge is 2.71. The first kappa shape index (κ1) is 31.3. The molecule has 5 atom stereocenters. The Morgan fingerprint density at radius 2 is 2.00 bits per heavy atom. The summed E-state index contributed by atoms with van der Waals surface area (Å²) in [4.78, 5) is 45.9. The number of rotatable bonds is 7. The number of carbonyl (C=O) groups excluding carboxylic acids is 3. The predicted molar refractivity (Wildman–Crippen MR) is 135 cm³/mol. The fourth-order valence-electron chi connectivity index (χ4n) is 6.54. The van der Waals surface area contributed by atoms with Crippen molar-refractivity contribution in [2.75, 3.05) is 20.1 Å². The Morgan fingerprint density at radius 1 is 1.31 bits per heavy atom. The van der Waals surface area contributed by atoms with Gasteiger partial charge in [-0.1, -0.05) is 6.07 Å². The van der Waals surface area contributed by atoms with Crippen molar-refractivity contribution in [2.24, 2.45) is 0 Å². The normalized spacial score (nSPS) is 28.0. The lowest BCUT2D eigenvalue weighted by Gasteiger charge is -2.56. The van der Waals surface area contributed by atoms with Gasteiger partial charge in [-0.15, -0.1) is 0 Å². The van der Waals surface area contributed by atoms with E-state index in [1.54, 1.807) is 12.1 Å². The Labute approximate surface area is 237 Å². The summed E-state index contributed by atoms with van der Waals surface area (Å²) in [6.45, 7) is 0.638. The summed E-state index contributed by atoms with van der Waals surface area (Å²) in [6, 6.07) is 3.30. The number of carbonyl (C=O) groups is 4. The highest BCUT2D eigenvalue weighted by Crippen LogP contribution is 2.64. The number of aliphatic hydroxyl groups is 2. The molecule has 5 N–H and O–H groups in total. The molecule has 2 heterocycles. The minimum absolute atomic E-state index is 0.0239. The van der Waals surface area contributed by atoms with Crippen LogP contribution in [-0.4, -0.2) is 99.6 Å². The van der Waals surface area contributed by atoms with E-state index in [1.165, 1.54) is 0 Å². The number of amides is 1. The van der Waals surface area contributed by atoms with Gasteiger partial charge in [0.2, 0.25) is 12.2 Å². The Hall–Kier alpha value is -3.69. The van der Waals surface area contributed by atoms with Gasteiger partial charge in [-0.3, -0.25) is 19.2 Å². The van der Waals surface area contributed by atoms with Crippen LogP contribution in [0.5, 0.6) is 11.5 Å². The molecule has 2 aliphatic carbocycles. The van der Waals surface area contributed by atoms with Crippen LogP contribution in [0.2, 0.25) is 0 Å². The number of benzene rings is 1. The number of phenolic OH excluding ortho intramolecular Hbond substituents is 1. The van der Waals surface area contributed by atoms with Crippen LogP contribution in [0, 0.1) is 0 Å². The van der Waals surface area contributed by atoms with Gasteiger partial charge in [0.15, 0.2) is 17.6 Å². The largest absolute Gasteiger partial charge is 0.504 e. The quantitative estimate of drug-likeness (QED) is 0.219. The number of nitrogens with one attached hydrogen (secondary N) is 1. The number of alkyl halides is 3. The number of halogens is 3. The number of aromatic hydroxyl groups is 1. The molecule has 1 aromatic rings. The van der Waals surface area contributed by atoms with Gasteiger partial charge in [0.25, 0.3) is 0 Å². The fourth-order valence-corrected chi connectivity index (χ4v) is 6.54. The van der Waals surface area contributed by atoms with Crippen molar-refractivity contribution in [3.63, 3.8) is 0 Å². The number of hydrogen-bond donors (Lipinski definition) is 5. The number of ether oxygens (including phenoxy) is 2. The van der Waals surface area contributed by atoms with E-state index in [0.717, 1.165) is 24.1 Å². The lowest BCUT2D eigenvalue weighted by molar-refractivity contribution is -0.156. The highest BCUT2D eigenvalue weighted by atomic mass is 19.4. The first-order valence-corrected chi connectivity index (χ1v) is 13.2. The summed E-state index contributed by atoms with van der Waals surface area (Å²) in [5.74, 6) is -2.31. The molecule has 1 fully saturated rings. The van der Waals surface area contributed by atoms with Crippen LogP contribution in [0.1, 0.15) is 43.2 Å². The SMILES string of the molecule is CN1CCC[C@]23c4c5ccc(O)c4O[C@H]2C(OC(=O)CCNC(=O)[C@@H](O)CC(=O)O)=CC[C@@]3(O)[C@H]1C5.O=CC(F)(F)F. The standard InChI is InChI=1S/C25H30N2O9.C2HF3O/c1-27-10-2-7-24-20-13-3-4-14(28)21(20)36-22(24)16(5-8-25(24,34)17(27)11-13)35-19(32)6-9-26-23(33)15(29)12-18(30)31;3-2(4,5)1-6/h3-5,15,17,22,28-29,34H,2,6-12H2,1H3,(H,26,33)(H,30,31);1H/t15-,17+,22-,24-,25+;/m0./s1. The molecule has 1 spiro atoms. The van der Waals surface area contributed by atoms with E-state index in [-0.39, 0.29) is 36.9 Å². The Morgan fingerprint density at radius 3 is 2.64 bits per heavy atom. The second-order valence-corrected chi connectivity index (χ2v) is 10.7. The summed E-state index contributed by atoms with van der Waals surface area (Å²) >= 11 is 0. The van der Waals surface area contributed by atoms with E-state index in [2.05, 4.69) is 10.2 Å².